The van der Waals surface area contributed by atoms with Crippen molar-refractivity contribution in [1.29, 1.82) is 0 Å². The molecule has 7 nitrogen and oxygen atoms in total. The van der Waals surface area contributed by atoms with E-state index in [1.807, 2.05) is 6.92 Å². The fourth-order valence-corrected chi connectivity index (χ4v) is 4.17. The number of benzene rings is 1. The minimum atomic E-state index is -3.08. The highest BCUT2D eigenvalue weighted by atomic mass is 32.2. The molecule has 1 aromatic carbocycles. The van der Waals surface area contributed by atoms with Gasteiger partial charge in [-0.2, -0.15) is 0 Å². The summed E-state index contributed by atoms with van der Waals surface area (Å²) >= 11 is 0. The van der Waals surface area contributed by atoms with Crippen LogP contribution in [0, 0.1) is 0 Å². The molecule has 26 heavy (non-hydrogen) atoms. The molecule has 1 N–H and O–H groups in total. The fraction of sp³-hybridized carbons (Fsp3) is 0.444. The van der Waals surface area contributed by atoms with E-state index < -0.39 is 33.9 Å². The minimum Gasteiger partial charge on any atom is -0.494 e. The second kappa shape index (κ2) is 8.84. The first-order valence-corrected chi connectivity index (χ1v) is 10.2. The fourth-order valence-electron chi connectivity index (χ4n) is 2.50. The standard InChI is InChI=1S/C18H23NO6S/c1-3-24-16-7-4-14(5-8-16)6-9-17(20)25-13(2)18(21)19-15-10-11-26(22,23)12-15/h4-9,13,15H,3,10-12H2,1-2H3,(H,19,21)/b9-6+/t13-,15+/m1/s1. The third-order valence-electron chi connectivity index (χ3n) is 3.84. The second-order valence-electron chi connectivity index (χ2n) is 6.02. The zero-order valence-corrected chi connectivity index (χ0v) is 15.6. The van der Waals surface area contributed by atoms with Crippen molar-refractivity contribution < 1.29 is 27.5 Å². The lowest BCUT2D eigenvalue weighted by atomic mass is 10.2. The van der Waals surface area contributed by atoms with Gasteiger partial charge in [-0.05, 0) is 44.0 Å². The van der Waals surface area contributed by atoms with Crippen molar-refractivity contribution in [2.75, 3.05) is 18.1 Å². The lowest BCUT2D eigenvalue weighted by molar-refractivity contribution is -0.150. The van der Waals surface area contributed by atoms with Crippen molar-refractivity contribution in [3.63, 3.8) is 0 Å². The Kier molecular flexibility index (Phi) is 6.79. The Hall–Kier alpha value is -2.35. The predicted molar refractivity (Wildman–Crippen MR) is 97.4 cm³/mol. The summed E-state index contributed by atoms with van der Waals surface area (Å²) < 4.78 is 33.2. The molecule has 0 saturated carbocycles. The average Bonchev–Trinajstić information content (AvgIpc) is 2.93. The molecule has 1 aromatic rings. The van der Waals surface area contributed by atoms with E-state index in [9.17, 15) is 18.0 Å². The Morgan fingerprint density at radius 1 is 1.31 bits per heavy atom. The first-order chi connectivity index (χ1) is 12.3. The van der Waals surface area contributed by atoms with Gasteiger partial charge >= 0.3 is 5.97 Å². The van der Waals surface area contributed by atoms with Gasteiger partial charge in [0.05, 0.1) is 18.1 Å². The van der Waals surface area contributed by atoms with Crippen LogP contribution in [0.1, 0.15) is 25.8 Å². The van der Waals surface area contributed by atoms with Crippen molar-refractivity contribution in [2.24, 2.45) is 0 Å². The summed E-state index contributed by atoms with van der Waals surface area (Å²) in [6, 6.07) is 6.75. The summed E-state index contributed by atoms with van der Waals surface area (Å²) in [5, 5.41) is 2.60. The van der Waals surface area contributed by atoms with Gasteiger partial charge in [0.25, 0.3) is 5.91 Å². The Labute approximate surface area is 153 Å². The van der Waals surface area contributed by atoms with E-state index in [-0.39, 0.29) is 11.5 Å². The highest BCUT2D eigenvalue weighted by molar-refractivity contribution is 7.91. The van der Waals surface area contributed by atoms with Crippen LogP contribution in [0.15, 0.2) is 30.3 Å². The van der Waals surface area contributed by atoms with Crippen LogP contribution in [0.3, 0.4) is 0 Å². The molecule has 1 aliphatic rings. The number of carbonyl (C=O) groups is 2. The number of nitrogens with one attached hydrogen (secondary N) is 1. The van der Waals surface area contributed by atoms with Crippen LogP contribution in [0.2, 0.25) is 0 Å². The van der Waals surface area contributed by atoms with Crippen molar-refractivity contribution in [2.45, 2.75) is 32.4 Å². The summed E-state index contributed by atoms with van der Waals surface area (Å²) in [6.45, 7) is 3.92. The van der Waals surface area contributed by atoms with E-state index in [2.05, 4.69) is 5.32 Å². The van der Waals surface area contributed by atoms with Crippen LogP contribution < -0.4 is 10.1 Å². The van der Waals surface area contributed by atoms with Crippen LogP contribution in [0.5, 0.6) is 5.75 Å². The number of amides is 1. The van der Waals surface area contributed by atoms with E-state index in [4.69, 9.17) is 9.47 Å². The van der Waals surface area contributed by atoms with E-state index in [1.165, 1.54) is 13.0 Å². The highest BCUT2D eigenvalue weighted by Gasteiger charge is 2.30. The molecule has 0 aromatic heterocycles. The van der Waals surface area contributed by atoms with Crippen molar-refractivity contribution >= 4 is 27.8 Å². The van der Waals surface area contributed by atoms with E-state index in [0.29, 0.717) is 13.0 Å². The van der Waals surface area contributed by atoms with Gasteiger partial charge in [0.15, 0.2) is 15.9 Å². The summed E-state index contributed by atoms with van der Waals surface area (Å²) in [5.41, 5.74) is 0.790. The summed E-state index contributed by atoms with van der Waals surface area (Å²) in [7, 11) is -3.08. The quantitative estimate of drug-likeness (QED) is 0.565. The van der Waals surface area contributed by atoms with Crippen LogP contribution in [0.4, 0.5) is 0 Å². The Morgan fingerprint density at radius 2 is 2.00 bits per heavy atom. The summed E-state index contributed by atoms with van der Waals surface area (Å²) in [6.07, 6.45) is 2.19. The molecule has 0 spiro atoms. The highest BCUT2D eigenvalue weighted by Crippen LogP contribution is 2.13. The van der Waals surface area contributed by atoms with Gasteiger partial charge in [0, 0.05) is 12.1 Å². The van der Waals surface area contributed by atoms with Crippen LogP contribution in [-0.2, 0) is 24.2 Å². The number of hydrogen-bond donors (Lipinski definition) is 1. The number of carbonyl (C=O) groups excluding carboxylic acids is 2. The molecule has 1 fully saturated rings. The molecule has 1 saturated heterocycles. The third kappa shape index (κ3) is 6.18. The first-order valence-electron chi connectivity index (χ1n) is 8.41. The SMILES string of the molecule is CCOc1ccc(/C=C/C(=O)O[C@H](C)C(=O)N[C@H]2CCS(=O)(=O)C2)cc1. The smallest absolute Gasteiger partial charge is 0.331 e. The largest absolute Gasteiger partial charge is 0.494 e. The Bertz CT molecular complexity index is 769. The maximum Gasteiger partial charge on any atom is 0.331 e. The zero-order valence-electron chi connectivity index (χ0n) is 14.8. The van der Waals surface area contributed by atoms with Gasteiger partial charge in [-0.3, -0.25) is 4.79 Å². The van der Waals surface area contributed by atoms with Crippen LogP contribution in [-0.4, -0.2) is 50.6 Å². The Morgan fingerprint density at radius 3 is 2.58 bits per heavy atom. The summed E-state index contributed by atoms with van der Waals surface area (Å²) in [4.78, 5) is 23.8. The van der Waals surface area contributed by atoms with Crippen molar-refractivity contribution in [3.8, 4) is 5.75 Å². The van der Waals surface area contributed by atoms with Crippen molar-refractivity contribution in [3.05, 3.63) is 35.9 Å². The summed E-state index contributed by atoms with van der Waals surface area (Å²) in [5.74, 6) is -0.421. The van der Waals surface area contributed by atoms with E-state index in [1.54, 1.807) is 30.3 Å². The number of sulfone groups is 1. The molecule has 0 radical (unpaired) electrons. The van der Waals surface area contributed by atoms with E-state index in [0.717, 1.165) is 11.3 Å². The Balaban J connectivity index is 1.81. The molecule has 2 rings (SSSR count). The normalized spacial score (nSPS) is 19.8. The molecular weight excluding hydrogens is 358 g/mol. The minimum absolute atomic E-state index is 0.0664. The average molecular weight is 381 g/mol. The molecule has 1 heterocycles. The first kappa shape index (κ1) is 20.0. The molecule has 0 unspecified atom stereocenters. The zero-order chi connectivity index (χ0) is 19.2. The van der Waals surface area contributed by atoms with E-state index >= 15 is 0 Å². The van der Waals surface area contributed by atoms with Crippen molar-refractivity contribution in [1.82, 2.24) is 5.32 Å². The molecule has 0 bridgehead atoms. The number of ether oxygens (including phenoxy) is 2. The number of rotatable bonds is 7. The predicted octanol–water partition coefficient (Wildman–Crippen LogP) is 1.33. The van der Waals surface area contributed by atoms with Gasteiger partial charge in [-0.15, -0.1) is 0 Å². The maximum atomic E-state index is 12.0. The molecule has 0 aliphatic carbocycles. The molecule has 8 heteroatoms. The third-order valence-corrected chi connectivity index (χ3v) is 5.61. The number of hydrogen-bond acceptors (Lipinski definition) is 6. The molecule has 2 atom stereocenters. The van der Waals surface area contributed by atoms with Crippen LogP contribution >= 0.6 is 0 Å². The van der Waals surface area contributed by atoms with Gasteiger partial charge in [-0.25, -0.2) is 13.2 Å². The molecule has 1 aliphatic heterocycles. The number of esters is 1. The lowest BCUT2D eigenvalue weighted by Gasteiger charge is -2.15. The monoisotopic (exact) mass is 381 g/mol. The van der Waals surface area contributed by atoms with Gasteiger partial charge in [0.2, 0.25) is 0 Å². The van der Waals surface area contributed by atoms with Gasteiger partial charge in [0.1, 0.15) is 5.75 Å². The van der Waals surface area contributed by atoms with Gasteiger partial charge < -0.3 is 14.8 Å². The van der Waals surface area contributed by atoms with Gasteiger partial charge in [-0.1, -0.05) is 12.1 Å². The maximum absolute atomic E-state index is 12.0. The molecule has 142 valence electrons. The molecule has 1 amide bonds. The molecular formula is C18H23NO6S. The topological polar surface area (TPSA) is 98.8 Å². The lowest BCUT2D eigenvalue weighted by Crippen LogP contribution is -2.42. The van der Waals surface area contributed by atoms with Crippen LogP contribution in [0.25, 0.3) is 6.08 Å². The second-order valence-corrected chi connectivity index (χ2v) is 8.25.